The van der Waals surface area contributed by atoms with E-state index in [1.165, 1.54) is 77.0 Å². The molecule has 3 fully saturated rings. The molecule has 1 nitrogen and oxygen atoms in total. The van der Waals surface area contributed by atoms with Gasteiger partial charge in [0.25, 0.3) is 0 Å². The normalized spacial score (nSPS) is 40.8. The van der Waals surface area contributed by atoms with E-state index >= 15 is 0 Å². The quantitative estimate of drug-likeness (QED) is 0.397. The summed E-state index contributed by atoms with van der Waals surface area (Å²) in [7, 11) is 0. The van der Waals surface area contributed by atoms with Crippen LogP contribution in [0.25, 0.3) is 0 Å². The molecule has 0 unspecified atom stereocenters. The minimum Gasteiger partial charge on any atom is -0.303 e. The molecule has 1 heteroatoms. The molecule has 0 aromatic carbocycles. The van der Waals surface area contributed by atoms with Crippen LogP contribution in [0.2, 0.25) is 0 Å². The van der Waals surface area contributed by atoms with E-state index in [1.807, 2.05) is 0 Å². The van der Waals surface area contributed by atoms with Crippen LogP contribution in [0.5, 0.6) is 0 Å². The molecule has 0 saturated heterocycles. The van der Waals surface area contributed by atoms with Crippen LogP contribution in [-0.4, -0.2) is 6.29 Å². The number of carbonyl (C=O) groups excluding carboxylic acids is 1. The van der Waals surface area contributed by atoms with E-state index in [0.717, 1.165) is 54.6 Å². The molecule has 0 aliphatic heterocycles. The Morgan fingerprint density at radius 1 is 0.667 bits per heavy atom. The van der Waals surface area contributed by atoms with Gasteiger partial charge in [0.15, 0.2) is 0 Å². The molecular formula is C23H38O. The Morgan fingerprint density at radius 2 is 1.08 bits per heavy atom. The van der Waals surface area contributed by atoms with Crippen LogP contribution in [-0.2, 0) is 4.79 Å². The van der Waals surface area contributed by atoms with Crippen molar-refractivity contribution in [2.24, 2.45) is 35.5 Å². The highest BCUT2D eigenvalue weighted by atomic mass is 16.1. The Balaban J connectivity index is 1.37. The van der Waals surface area contributed by atoms with Gasteiger partial charge >= 0.3 is 0 Å². The van der Waals surface area contributed by atoms with Gasteiger partial charge in [-0.2, -0.15) is 0 Å². The molecule has 0 N–H and O–H groups in total. The highest BCUT2D eigenvalue weighted by Gasteiger charge is 2.34. The van der Waals surface area contributed by atoms with E-state index in [-0.39, 0.29) is 0 Å². The SMILES string of the molecule is C=C[C@H]1CC[C@H]([C@H]2CC[C@H](C3CCC(CCC=O)CC3)CC2)CC1. The van der Waals surface area contributed by atoms with Crippen molar-refractivity contribution in [1.82, 2.24) is 0 Å². The zero-order valence-electron chi connectivity index (χ0n) is 15.6. The van der Waals surface area contributed by atoms with Crippen LogP contribution in [0.15, 0.2) is 12.7 Å². The second-order valence-electron chi connectivity index (χ2n) is 9.11. The maximum Gasteiger partial charge on any atom is 0.120 e. The van der Waals surface area contributed by atoms with Crippen molar-refractivity contribution in [2.45, 2.75) is 89.9 Å². The Labute approximate surface area is 149 Å². The molecule has 3 aliphatic carbocycles. The van der Waals surface area contributed by atoms with Gasteiger partial charge in [-0.3, -0.25) is 0 Å². The van der Waals surface area contributed by atoms with Crippen LogP contribution in [0, 0.1) is 35.5 Å². The van der Waals surface area contributed by atoms with Crippen molar-refractivity contribution in [3.63, 3.8) is 0 Å². The smallest absolute Gasteiger partial charge is 0.120 e. The molecule has 3 rings (SSSR count). The van der Waals surface area contributed by atoms with Crippen molar-refractivity contribution in [3.05, 3.63) is 12.7 Å². The van der Waals surface area contributed by atoms with Crippen LogP contribution in [0.3, 0.4) is 0 Å². The zero-order valence-corrected chi connectivity index (χ0v) is 15.6. The first-order valence-corrected chi connectivity index (χ1v) is 10.9. The minimum atomic E-state index is 0.786. The Bertz CT molecular complexity index is 377. The minimum absolute atomic E-state index is 0.786. The van der Waals surface area contributed by atoms with Gasteiger partial charge in [0, 0.05) is 6.42 Å². The molecule has 0 spiro atoms. The zero-order chi connectivity index (χ0) is 16.8. The number of carbonyl (C=O) groups is 1. The van der Waals surface area contributed by atoms with E-state index in [4.69, 9.17) is 0 Å². The van der Waals surface area contributed by atoms with Crippen LogP contribution >= 0.6 is 0 Å². The van der Waals surface area contributed by atoms with Gasteiger partial charge in [-0.05, 0) is 106 Å². The van der Waals surface area contributed by atoms with Crippen LogP contribution in [0.4, 0.5) is 0 Å². The molecule has 136 valence electrons. The Kier molecular flexibility index (Phi) is 6.98. The molecule has 0 aromatic rings. The first-order chi connectivity index (χ1) is 11.8. The fourth-order valence-electron chi connectivity index (χ4n) is 6.19. The lowest BCUT2D eigenvalue weighted by molar-refractivity contribution is -0.108. The summed E-state index contributed by atoms with van der Waals surface area (Å²) < 4.78 is 0. The Hall–Kier alpha value is -0.590. The molecule has 24 heavy (non-hydrogen) atoms. The molecule has 3 aliphatic rings. The lowest BCUT2D eigenvalue weighted by atomic mass is 9.65. The number of aldehydes is 1. The second-order valence-corrected chi connectivity index (χ2v) is 9.11. The summed E-state index contributed by atoms with van der Waals surface area (Å²) in [6, 6.07) is 0. The molecule has 0 aromatic heterocycles. The number of hydrogen-bond acceptors (Lipinski definition) is 1. The molecule has 0 heterocycles. The highest BCUT2D eigenvalue weighted by Crippen LogP contribution is 2.46. The maximum atomic E-state index is 10.6. The fourth-order valence-corrected chi connectivity index (χ4v) is 6.19. The van der Waals surface area contributed by atoms with Gasteiger partial charge in [-0.1, -0.05) is 18.9 Å². The summed E-state index contributed by atoms with van der Waals surface area (Å²) in [6.45, 7) is 3.99. The predicted molar refractivity (Wildman–Crippen MR) is 102 cm³/mol. The van der Waals surface area contributed by atoms with Crippen molar-refractivity contribution in [2.75, 3.05) is 0 Å². The number of rotatable bonds is 6. The molecule has 0 bridgehead atoms. The van der Waals surface area contributed by atoms with Crippen molar-refractivity contribution in [3.8, 4) is 0 Å². The monoisotopic (exact) mass is 330 g/mol. The maximum absolute atomic E-state index is 10.6. The predicted octanol–water partition coefficient (Wildman–Crippen LogP) is 6.57. The fraction of sp³-hybridized carbons (Fsp3) is 0.870. The van der Waals surface area contributed by atoms with Crippen molar-refractivity contribution in [1.29, 1.82) is 0 Å². The molecule has 0 atom stereocenters. The van der Waals surface area contributed by atoms with Gasteiger partial charge in [0.2, 0.25) is 0 Å². The van der Waals surface area contributed by atoms with E-state index in [0.29, 0.717) is 0 Å². The van der Waals surface area contributed by atoms with Gasteiger partial charge in [-0.15, -0.1) is 6.58 Å². The van der Waals surface area contributed by atoms with E-state index < -0.39 is 0 Å². The second kappa shape index (κ2) is 9.20. The van der Waals surface area contributed by atoms with E-state index in [1.54, 1.807) is 0 Å². The van der Waals surface area contributed by atoms with Gasteiger partial charge in [-0.25, -0.2) is 0 Å². The first kappa shape index (κ1) is 18.2. The van der Waals surface area contributed by atoms with Crippen LogP contribution in [0.1, 0.15) is 89.9 Å². The van der Waals surface area contributed by atoms with Crippen molar-refractivity contribution >= 4 is 6.29 Å². The average molecular weight is 331 g/mol. The third kappa shape index (κ3) is 4.73. The lowest BCUT2D eigenvalue weighted by Gasteiger charge is -2.41. The van der Waals surface area contributed by atoms with E-state index in [9.17, 15) is 4.79 Å². The summed E-state index contributed by atoms with van der Waals surface area (Å²) in [5, 5.41) is 0. The van der Waals surface area contributed by atoms with Crippen LogP contribution < -0.4 is 0 Å². The summed E-state index contributed by atoms with van der Waals surface area (Å²) in [4.78, 5) is 10.6. The molecule has 0 amide bonds. The third-order valence-corrected chi connectivity index (χ3v) is 7.88. The first-order valence-electron chi connectivity index (χ1n) is 10.9. The summed E-state index contributed by atoms with van der Waals surface area (Å²) in [5.74, 6) is 5.76. The number of allylic oxidation sites excluding steroid dienone is 1. The van der Waals surface area contributed by atoms with Gasteiger partial charge in [0.05, 0.1) is 0 Å². The Morgan fingerprint density at radius 3 is 1.50 bits per heavy atom. The van der Waals surface area contributed by atoms with Gasteiger partial charge in [0.1, 0.15) is 6.29 Å². The topological polar surface area (TPSA) is 17.1 Å². The summed E-state index contributed by atoms with van der Waals surface area (Å²) >= 11 is 0. The third-order valence-electron chi connectivity index (χ3n) is 7.88. The summed E-state index contributed by atoms with van der Waals surface area (Å²) in [5.41, 5.74) is 0. The largest absolute Gasteiger partial charge is 0.303 e. The van der Waals surface area contributed by atoms with Gasteiger partial charge < -0.3 is 4.79 Å². The molecular weight excluding hydrogens is 292 g/mol. The average Bonchev–Trinajstić information content (AvgIpc) is 2.67. The highest BCUT2D eigenvalue weighted by molar-refractivity contribution is 5.49. The number of hydrogen-bond donors (Lipinski definition) is 0. The van der Waals surface area contributed by atoms with E-state index in [2.05, 4.69) is 12.7 Å². The molecule has 3 saturated carbocycles. The summed E-state index contributed by atoms with van der Waals surface area (Å²) in [6.07, 6.45) is 22.7. The standard InChI is InChI=1S/C23H38O/c1-2-18-5-9-20(10-6-18)22-13-15-23(16-14-22)21-11-7-19(8-12-21)4-3-17-24/h2,17-23H,1,3-16H2/t18-,19?,20-,21?,22-,23-. The lowest BCUT2D eigenvalue weighted by Crippen LogP contribution is -2.29. The molecule has 0 radical (unpaired) electrons. The van der Waals surface area contributed by atoms with Crippen molar-refractivity contribution < 1.29 is 4.79 Å².